The van der Waals surface area contributed by atoms with Gasteiger partial charge in [-0.05, 0) is 49.9 Å². The number of rotatable bonds is 7. The molecular formula is C19H27ClN2O3. The average molecular weight is 367 g/mol. The molecule has 0 spiro atoms. The lowest BCUT2D eigenvalue weighted by atomic mass is 10.0. The van der Waals surface area contributed by atoms with Gasteiger partial charge in [0.25, 0.3) is 0 Å². The highest BCUT2D eigenvalue weighted by atomic mass is 35.5. The maximum absolute atomic E-state index is 12.4. The van der Waals surface area contributed by atoms with E-state index < -0.39 is 0 Å². The molecule has 1 N–H and O–H groups in total. The molecule has 2 amide bonds. The molecule has 1 atom stereocenters. The molecule has 0 radical (unpaired) electrons. The number of nitrogens with one attached hydrogen (secondary N) is 1. The molecule has 1 heterocycles. The molecule has 1 unspecified atom stereocenters. The summed E-state index contributed by atoms with van der Waals surface area (Å²) in [6.07, 6.45) is 3.48. The Morgan fingerprint density at radius 3 is 2.92 bits per heavy atom. The van der Waals surface area contributed by atoms with E-state index in [1.807, 2.05) is 30.9 Å². The molecule has 138 valence electrons. The van der Waals surface area contributed by atoms with Gasteiger partial charge < -0.3 is 15.0 Å². The third-order valence-corrected chi connectivity index (χ3v) is 4.62. The van der Waals surface area contributed by atoms with Gasteiger partial charge in [-0.2, -0.15) is 0 Å². The lowest BCUT2D eigenvalue weighted by Gasteiger charge is -2.33. The van der Waals surface area contributed by atoms with Crippen molar-refractivity contribution in [3.05, 3.63) is 28.8 Å². The molecular weight excluding hydrogens is 340 g/mol. The zero-order valence-electron chi connectivity index (χ0n) is 15.0. The number of hydrogen-bond donors (Lipinski definition) is 1. The molecule has 1 aromatic carbocycles. The maximum atomic E-state index is 12.4. The Hall–Kier alpha value is -1.75. The van der Waals surface area contributed by atoms with Gasteiger partial charge in [-0.1, -0.05) is 18.5 Å². The maximum Gasteiger partial charge on any atom is 0.222 e. The summed E-state index contributed by atoms with van der Waals surface area (Å²) in [5, 5.41) is 3.67. The minimum atomic E-state index is 0.0473. The van der Waals surface area contributed by atoms with Gasteiger partial charge in [0.05, 0.1) is 6.61 Å². The van der Waals surface area contributed by atoms with E-state index in [-0.39, 0.29) is 17.9 Å². The number of piperidine rings is 1. The number of benzene rings is 1. The van der Waals surface area contributed by atoms with E-state index in [1.165, 1.54) is 0 Å². The summed E-state index contributed by atoms with van der Waals surface area (Å²) in [5.41, 5.74) is 0.990. The van der Waals surface area contributed by atoms with Crippen LogP contribution in [0.5, 0.6) is 5.75 Å². The smallest absolute Gasteiger partial charge is 0.222 e. The first-order chi connectivity index (χ1) is 12.0. The van der Waals surface area contributed by atoms with Crippen molar-refractivity contribution in [3.8, 4) is 5.75 Å². The molecule has 0 aliphatic carbocycles. The van der Waals surface area contributed by atoms with Crippen molar-refractivity contribution in [2.45, 2.75) is 52.0 Å². The van der Waals surface area contributed by atoms with Crippen molar-refractivity contribution >= 4 is 23.4 Å². The van der Waals surface area contributed by atoms with Gasteiger partial charge in [0, 0.05) is 37.0 Å². The van der Waals surface area contributed by atoms with Crippen LogP contribution >= 0.6 is 11.6 Å². The van der Waals surface area contributed by atoms with E-state index in [4.69, 9.17) is 16.3 Å². The van der Waals surface area contributed by atoms with Gasteiger partial charge in [0.15, 0.2) is 0 Å². The highest BCUT2D eigenvalue weighted by Gasteiger charge is 2.24. The first-order valence-electron chi connectivity index (χ1n) is 8.95. The molecule has 0 bridgehead atoms. The second kappa shape index (κ2) is 9.66. The van der Waals surface area contributed by atoms with E-state index >= 15 is 0 Å². The summed E-state index contributed by atoms with van der Waals surface area (Å²) in [7, 11) is 0. The Labute approximate surface area is 154 Å². The molecule has 25 heavy (non-hydrogen) atoms. The number of carbonyl (C=O) groups excluding carboxylic acids is 2. The van der Waals surface area contributed by atoms with Crippen molar-refractivity contribution in [1.29, 1.82) is 0 Å². The number of hydrogen-bond acceptors (Lipinski definition) is 3. The van der Waals surface area contributed by atoms with Crippen LogP contribution in [0.25, 0.3) is 0 Å². The summed E-state index contributed by atoms with van der Waals surface area (Å²) in [5.74, 6) is 0.982. The minimum Gasteiger partial charge on any atom is -0.493 e. The zero-order valence-corrected chi connectivity index (χ0v) is 15.8. The predicted octanol–water partition coefficient (Wildman–Crippen LogP) is 3.32. The predicted molar refractivity (Wildman–Crippen MR) is 99.0 cm³/mol. The SMILES string of the molecule is CCC(=O)NC1CCCN(C(=O)CCCOc2ccc(Cl)cc2C)C1. The molecule has 2 rings (SSSR count). The third-order valence-electron chi connectivity index (χ3n) is 4.39. The summed E-state index contributed by atoms with van der Waals surface area (Å²) >= 11 is 5.93. The fraction of sp³-hybridized carbons (Fsp3) is 0.579. The van der Waals surface area contributed by atoms with Crippen molar-refractivity contribution in [1.82, 2.24) is 10.2 Å². The van der Waals surface area contributed by atoms with Crippen molar-refractivity contribution in [2.75, 3.05) is 19.7 Å². The number of halogens is 1. The normalized spacial score (nSPS) is 17.2. The van der Waals surface area contributed by atoms with Crippen molar-refractivity contribution < 1.29 is 14.3 Å². The van der Waals surface area contributed by atoms with Gasteiger partial charge in [-0.3, -0.25) is 9.59 Å². The number of aryl methyl sites for hydroxylation is 1. The van der Waals surface area contributed by atoms with E-state index in [2.05, 4.69) is 5.32 Å². The first kappa shape index (κ1) is 19.6. The largest absolute Gasteiger partial charge is 0.493 e. The molecule has 1 aliphatic heterocycles. The molecule has 5 nitrogen and oxygen atoms in total. The van der Waals surface area contributed by atoms with Gasteiger partial charge in [0.2, 0.25) is 11.8 Å². The number of likely N-dealkylation sites (tertiary alicyclic amines) is 1. The van der Waals surface area contributed by atoms with Crippen molar-refractivity contribution in [2.24, 2.45) is 0 Å². The van der Waals surface area contributed by atoms with Gasteiger partial charge >= 0.3 is 0 Å². The number of nitrogens with zero attached hydrogens (tertiary/aromatic N) is 1. The standard InChI is InChI=1S/C19H27ClN2O3/c1-3-18(23)21-16-6-4-10-22(13-16)19(24)7-5-11-25-17-9-8-15(20)12-14(17)2/h8-9,12,16H,3-7,10-11,13H2,1-2H3,(H,21,23). The van der Waals surface area contributed by atoms with Crippen LogP contribution in [0.3, 0.4) is 0 Å². The Balaban J connectivity index is 1.71. The average Bonchev–Trinajstić information content (AvgIpc) is 2.60. The van der Waals surface area contributed by atoms with Gasteiger partial charge in [-0.15, -0.1) is 0 Å². The highest BCUT2D eigenvalue weighted by molar-refractivity contribution is 6.30. The van der Waals surface area contributed by atoms with E-state index in [0.717, 1.165) is 30.7 Å². The second-order valence-corrected chi connectivity index (χ2v) is 6.90. The van der Waals surface area contributed by atoms with Crippen LogP contribution in [-0.2, 0) is 9.59 Å². The Morgan fingerprint density at radius 2 is 2.20 bits per heavy atom. The van der Waals surface area contributed by atoms with E-state index in [9.17, 15) is 9.59 Å². The number of amides is 2. The topological polar surface area (TPSA) is 58.6 Å². The fourth-order valence-electron chi connectivity index (χ4n) is 2.99. The fourth-order valence-corrected chi connectivity index (χ4v) is 3.22. The van der Waals surface area contributed by atoms with Gasteiger partial charge in [0.1, 0.15) is 5.75 Å². The lowest BCUT2D eigenvalue weighted by molar-refractivity contribution is -0.133. The van der Waals surface area contributed by atoms with Crippen LogP contribution < -0.4 is 10.1 Å². The van der Waals surface area contributed by atoms with Crippen LogP contribution in [0.1, 0.15) is 44.6 Å². The highest BCUT2D eigenvalue weighted by Crippen LogP contribution is 2.22. The Morgan fingerprint density at radius 1 is 1.40 bits per heavy atom. The lowest BCUT2D eigenvalue weighted by Crippen LogP contribution is -2.49. The quantitative estimate of drug-likeness (QED) is 0.753. The van der Waals surface area contributed by atoms with Gasteiger partial charge in [-0.25, -0.2) is 0 Å². The van der Waals surface area contributed by atoms with Crippen LogP contribution in [-0.4, -0.2) is 42.5 Å². The molecule has 1 aromatic rings. The zero-order chi connectivity index (χ0) is 18.2. The molecule has 0 saturated carbocycles. The summed E-state index contributed by atoms with van der Waals surface area (Å²) in [4.78, 5) is 25.7. The monoisotopic (exact) mass is 366 g/mol. The molecule has 1 aliphatic rings. The summed E-state index contributed by atoms with van der Waals surface area (Å²) < 4.78 is 5.73. The van der Waals surface area contributed by atoms with Crippen LogP contribution in [0, 0.1) is 6.92 Å². The minimum absolute atomic E-state index is 0.0473. The van der Waals surface area contributed by atoms with Crippen LogP contribution in [0.4, 0.5) is 0 Å². The molecule has 1 saturated heterocycles. The molecule has 6 heteroatoms. The van der Waals surface area contributed by atoms with Crippen molar-refractivity contribution in [3.63, 3.8) is 0 Å². The Kier molecular flexibility index (Phi) is 7.56. The van der Waals surface area contributed by atoms with E-state index in [1.54, 1.807) is 6.07 Å². The third kappa shape index (κ3) is 6.24. The van der Waals surface area contributed by atoms with Crippen LogP contribution in [0.15, 0.2) is 18.2 Å². The number of ether oxygens (including phenoxy) is 1. The Bertz CT molecular complexity index is 606. The number of carbonyl (C=O) groups is 2. The molecule has 1 fully saturated rings. The second-order valence-electron chi connectivity index (χ2n) is 6.46. The van der Waals surface area contributed by atoms with Crippen LogP contribution in [0.2, 0.25) is 5.02 Å². The van der Waals surface area contributed by atoms with E-state index in [0.29, 0.717) is 37.4 Å². The summed E-state index contributed by atoms with van der Waals surface area (Å²) in [6.45, 7) is 5.67. The summed E-state index contributed by atoms with van der Waals surface area (Å²) in [6, 6.07) is 5.59. The molecule has 0 aromatic heterocycles. The first-order valence-corrected chi connectivity index (χ1v) is 9.33.